The van der Waals surface area contributed by atoms with Gasteiger partial charge in [0.1, 0.15) is 0 Å². The number of allylic oxidation sites excluding steroid dienone is 1. The maximum atomic E-state index is 5.65. The van der Waals surface area contributed by atoms with Crippen LogP contribution in [0.1, 0.15) is 44.2 Å². The fraction of sp³-hybridized carbons (Fsp3) is 0.619. The molecule has 1 heterocycles. The highest BCUT2D eigenvalue weighted by Crippen LogP contribution is 2.11. The average Bonchev–Trinajstić information content (AvgIpc) is 2.61. The molecule has 1 aliphatic rings. The van der Waals surface area contributed by atoms with Crippen molar-refractivity contribution >= 4 is 6.08 Å². The third-order valence-corrected chi connectivity index (χ3v) is 4.62. The topological polar surface area (TPSA) is 15.7 Å². The van der Waals surface area contributed by atoms with E-state index in [0.717, 1.165) is 26.2 Å². The van der Waals surface area contributed by atoms with Gasteiger partial charge in [0.2, 0.25) is 0 Å². The summed E-state index contributed by atoms with van der Waals surface area (Å²) in [5.74, 6) is 0. The average molecular weight is 331 g/mol. The van der Waals surface area contributed by atoms with Crippen LogP contribution in [0.25, 0.3) is 6.08 Å². The number of piperazine rings is 1. The van der Waals surface area contributed by atoms with E-state index >= 15 is 0 Å². The largest absolute Gasteiger partial charge is 0.381 e. The first-order chi connectivity index (χ1) is 11.8. The minimum absolute atomic E-state index is 0.915. The number of hydrogen-bond acceptors (Lipinski definition) is 3. The Morgan fingerprint density at radius 1 is 0.958 bits per heavy atom. The second-order valence-corrected chi connectivity index (χ2v) is 6.68. The van der Waals surface area contributed by atoms with Crippen LogP contribution in [0.4, 0.5) is 0 Å². The van der Waals surface area contributed by atoms with Gasteiger partial charge in [-0.15, -0.1) is 0 Å². The molecular weight excluding hydrogens is 296 g/mol. The molecule has 3 heteroatoms. The zero-order chi connectivity index (χ0) is 17.0. The number of ether oxygens (including phenoxy) is 1. The van der Waals surface area contributed by atoms with Gasteiger partial charge in [-0.2, -0.15) is 0 Å². The molecule has 1 aromatic rings. The molecule has 24 heavy (non-hydrogen) atoms. The van der Waals surface area contributed by atoms with Gasteiger partial charge in [0.15, 0.2) is 0 Å². The first-order valence-corrected chi connectivity index (χ1v) is 9.56. The van der Waals surface area contributed by atoms with Crippen molar-refractivity contribution in [1.82, 2.24) is 9.80 Å². The van der Waals surface area contributed by atoms with Gasteiger partial charge < -0.3 is 9.64 Å². The van der Waals surface area contributed by atoms with Crippen LogP contribution in [-0.4, -0.2) is 55.7 Å². The lowest BCUT2D eigenvalue weighted by Crippen LogP contribution is -2.46. The Hall–Kier alpha value is -1.16. The van der Waals surface area contributed by atoms with Crippen molar-refractivity contribution in [3.63, 3.8) is 0 Å². The van der Waals surface area contributed by atoms with E-state index in [9.17, 15) is 0 Å². The highest BCUT2D eigenvalue weighted by atomic mass is 16.5. The summed E-state index contributed by atoms with van der Waals surface area (Å²) in [5.41, 5.74) is 2.70. The predicted molar refractivity (Wildman–Crippen MR) is 103 cm³/mol. The Kier molecular flexibility index (Phi) is 9.11. The molecule has 1 fully saturated rings. The number of benzene rings is 1. The Morgan fingerprint density at radius 2 is 1.62 bits per heavy atom. The van der Waals surface area contributed by atoms with E-state index in [2.05, 4.69) is 60.1 Å². The van der Waals surface area contributed by atoms with Crippen molar-refractivity contribution in [1.29, 1.82) is 0 Å². The molecular formula is C21H34N2O. The van der Waals surface area contributed by atoms with Crippen molar-refractivity contribution in [2.75, 3.05) is 45.9 Å². The lowest BCUT2D eigenvalue weighted by molar-refractivity contribution is 0.0957. The van der Waals surface area contributed by atoms with Crippen LogP contribution in [0.15, 0.2) is 30.3 Å². The Morgan fingerprint density at radius 3 is 2.29 bits per heavy atom. The first kappa shape index (κ1) is 19.2. The van der Waals surface area contributed by atoms with E-state index in [1.165, 1.54) is 56.7 Å². The molecule has 0 aromatic heterocycles. The predicted octanol–water partition coefficient (Wildman–Crippen LogP) is 4.04. The van der Waals surface area contributed by atoms with Gasteiger partial charge in [-0.05, 0) is 30.9 Å². The standard InChI is InChI=1S/C21H34N2O/c1-3-5-17-24-18-6-12-22-13-15-23(16-14-22)19-21-10-8-20(7-4-2)9-11-21/h4,7-11H,3,5-6,12-19H2,1-2H3/b7-4-. The van der Waals surface area contributed by atoms with Gasteiger partial charge in [-0.1, -0.05) is 49.8 Å². The lowest BCUT2D eigenvalue weighted by atomic mass is 10.1. The molecule has 0 saturated carbocycles. The van der Waals surface area contributed by atoms with Crippen LogP contribution in [0.2, 0.25) is 0 Å². The minimum Gasteiger partial charge on any atom is -0.381 e. The smallest absolute Gasteiger partial charge is 0.0478 e. The summed E-state index contributed by atoms with van der Waals surface area (Å²) in [7, 11) is 0. The monoisotopic (exact) mass is 330 g/mol. The van der Waals surface area contributed by atoms with Crippen LogP contribution < -0.4 is 0 Å². The molecule has 0 atom stereocenters. The molecule has 3 nitrogen and oxygen atoms in total. The van der Waals surface area contributed by atoms with Crippen molar-refractivity contribution < 1.29 is 4.74 Å². The summed E-state index contributed by atoms with van der Waals surface area (Å²) in [5, 5.41) is 0. The van der Waals surface area contributed by atoms with Gasteiger partial charge in [-0.3, -0.25) is 4.90 Å². The number of unbranched alkanes of at least 4 members (excludes halogenated alkanes) is 1. The first-order valence-electron chi connectivity index (χ1n) is 9.56. The number of rotatable bonds is 10. The van der Waals surface area contributed by atoms with Gasteiger partial charge in [-0.25, -0.2) is 0 Å². The summed E-state index contributed by atoms with van der Waals surface area (Å²) >= 11 is 0. The van der Waals surface area contributed by atoms with E-state index in [1.54, 1.807) is 0 Å². The van der Waals surface area contributed by atoms with E-state index in [1.807, 2.05) is 0 Å². The SMILES string of the molecule is C/C=C\c1ccc(CN2CCN(CCCOCCCC)CC2)cc1. The van der Waals surface area contributed by atoms with E-state index < -0.39 is 0 Å². The van der Waals surface area contributed by atoms with Crippen molar-refractivity contribution in [3.05, 3.63) is 41.5 Å². The van der Waals surface area contributed by atoms with E-state index in [-0.39, 0.29) is 0 Å². The summed E-state index contributed by atoms with van der Waals surface area (Å²) in [6, 6.07) is 8.94. The third-order valence-electron chi connectivity index (χ3n) is 4.62. The van der Waals surface area contributed by atoms with Crippen LogP contribution in [0.5, 0.6) is 0 Å². The molecule has 0 aliphatic carbocycles. The fourth-order valence-corrected chi connectivity index (χ4v) is 3.09. The summed E-state index contributed by atoms with van der Waals surface area (Å²) in [4.78, 5) is 5.15. The third kappa shape index (κ3) is 7.16. The highest BCUT2D eigenvalue weighted by Gasteiger charge is 2.16. The Balaban J connectivity index is 1.60. The van der Waals surface area contributed by atoms with Crippen LogP contribution in [0.3, 0.4) is 0 Å². The summed E-state index contributed by atoms with van der Waals surface area (Å²) in [6.07, 6.45) is 7.81. The van der Waals surface area contributed by atoms with E-state index in [0.29, 0.717) is 0 Å². The molecule has 0 amide bonds. The highest BCUT2D eigenvalue weighted by molar-refractivity contribution is 5.49. The molecule has 0 bridgehead atoms. The molecule has 1 aliphatic heterocycles. The molecule has 1 aromatic carbocycles. The van der Waals surface area contributed by atoms with Crippen LogP contribution in [0, 0.1) is 0 Å². The molecule has 0 radical (unpaired) electrons. The molecule has 2 rings (SSSR count). The van der Waals surface area contributed by atoms with Gasteiger partial charge in [0.05, 0.1) is 0 Å². The van der Waals surface area contributed by atoms with Crippen LogP contribution in [-0.2, 0) is 11.3 Å². The normalized spacial score (nSPS) is 16.9. The molecule has 1 saturated heterocycles. The van der Waals surface area contributed by atoms with Gasteiger partial charge in [0.25, 0.3) is 0 Å². The van der Waals surface area contributed by atoms with E-state index in [4.69, 9.17) is 4.74 Å². The van der Waals surface area contributed by atoms with Crippen molar-refractivity contribution in [2.24, 2.45) is 0 Å². The van der Waals surface area contributed by atoms with Crippen molar-refractivity contribution in [2.45, 2.75) is 39.7 Å². The lowest BCUT2D eigenvalue weighted by Gasteiger charge is -2.34. The minimum atomic E-state index is 0.915. The van der Waals surface area contributed by atoms with Gasteiger partial charge in [0, 0.05) is 52.5 Å². The van der Waals surface area contributed by atoms with Gasteiger partial charge >= 0.3 is 0 Å². The fourth-order valence-electron chi connectivity index (χ4n) is 3.09. The molecule has 0 spiro atoms. The second-order valence-electron chi connectivity index (χ2n) is 6.68. The zero-order valence-electron chi connectivity index (χ0n) is 15.5. The molecule has 0 unspecified atom stereocenters. The molecule has 134 valence electrons. The summed E-state index contributed by atoms with van der Waals surface area (Å²) in [6.45, 7) is 13.1. The Labute approximate surface area is 148 Å². The maximum absolute atomic E-state index is 5.65. The number of hydrogen-bond donors (Lipinski definition) is 0. The number of nitrogens with zero attached hydrogens (tertiary/aromatic N) is 2. The maximum Gasteiger partial charge on any atom is 0.0478 e. The Bertz CT molecular complexity index is 461. The molecule has 0 N–H and O–H groups in total. The van der Waals surface area contributed by atoms with Crippen molar-refractivity contribution in [3.8, 4) is 0 Å². The zero-order valence-corrected chi connectivity index (χ0v) is 15.5. The van der Waals surface area contributed by atoms with Crippen LogP contribution >= 0.6 is 0 Å². The second kappa shape index (κ2) is 11.4. The summed E-state index contributed by atoms with van der Waals surface area (Å²) < 4.78 is 5.65. The quantitative estimate of drug-likeness (QED) is 0.602.